The molecule has 0 saturated carbocycles. The van der Waals surface area contributed by atoms with Crippen LogP contribution in [0.3, 0.4) is 0 Å². The van der Waals surface area contributed by atoms with E-state index in [1.165, 1.54) is 5.56 Å². The van der Waals surface area contributed by atoms with Gasteiger partial charge in [-0.3, -0.25) is 4.79 Å². The van der Waals surface area contributed by atoms with Crippen molar-refractivity contribution in [2.75, 3.05) is 32.8 Å². The number of amides is 1. The molecule has 1 aromatic carbocycles. The van der Waals surface area contributed by atoms with Gasteiger partial charge in [0.15, 0.2) is 0 Å². The van der Waals surface area contributed by atoms with Crippen LogP contribution in [0.1, 0.15) is 31.7 Å². The van der Waals surface area contributed by atoms with E-state index in [0.29, 0.717) is 12.3 Å². The van der Waals surface area contributed by atoms with Crippen LogP contribution in [0.15, 0.2) is 24.3 Å². The Bertz CT molecular complexity index is 444. The number of rotatable bonds is 7. The molecule has 4 heteroatoms. The highest BCUT2D eigenvalue weighted by Crippen LogP contribution is 2.32. The summed E-state index contributed by atoms with van der Waals surface area (Å²) in [6.45, 7) is 7.94. The SMILES string of the molecule is CCN(CC)C(=O)CCNCC1COc2ccccc21. The summed E-state index contributed by atoms with van der Waals surface area (Å²) in [6, 6.07) is 8.18. The van der Waals surface area contributed by atoms with Crippen LogP contribution in [-0.4, -0.2) is 43.6 Å². The van der Waals surface area contributed by atoms with Gasteiger partial charge in [0.05, 0.1) is 6.61 Å². The quantitative estimate of drug-likeness (QED) is 0.775. The third-order valence-electron chi connectivity index (χ3n) is 3.82. The van der Waals surface area contributed by atoms with Crippen molar-refractivity contribution in [2.24, 2.45) is 0 Å². The van der Waals surface area contributed by atoms with Crippen LogP contribution in [0.5, 0.6) is 5.75 Å². The van der Waals surface area contributed by atoms with Crippen LogP contribution in [-0.2, 0) is 4.79 Å². The molecule has 0 bridgehead atoms. The average Bonchev–Trinajstić information content (AvgIpc) is 2.88. The van der Waals surface area contributed by atoms with Gasteiger partial charge in [-0.15, -0.1) is 0 Å². The molecule has 0 aromatic heterocycles. The van der Waals surface area contributed by atoms with Gasteiger partial charge >= 0.3 is 0 Å². The summed E-state index contributed by atoms with van der Waals surface area (Å²) >= 11 is 0. The first-order valence-electron chi connectivity index (χ1n) is 7.46. The van der Waals surface area contributed by atoms with Crippen LogP contribution in [0, 0.1) is 0 Å². The molecule has 20 heavy (non-hydrogen) atoms. The highest BCUT2D eigenvalue weighted by molar-refractivity contribution is 5.76. The number of benzene rings is 1. The van der Waals surface area contributed by atoms with Gasteiger partial charge in [-0.25, -0.2) is 0 Å². The Balaban J connectivity index is 1.71. The minimum absolute atomic E-state index is 0.227. The summed E-state index contributed by atoms with van der Waals surface area (Å²) < 4.78 is 5.65. The van der Waals surface area contributed by atoms with Gasteiger partial charge in [0.2, 0.25) is 5.91 Å². The smallest absolute Gasteiger partial charge is 0.223 e. The van der Waals surface area contributed by atoms with Gasteiger partial charge < -0.3 is 15.0 Å². The molecule has 1 heterocycles. The highest BCUT2D eigenvalue weighted by atomic mass is 16.5. The fourth-order valence-electron chi connectivity index (χ4n) is 2.60. The van der Waals surface area contributed by atoms with Crippen LogP contribution in [0.25, 0.3) is 0 Å². The minimum Gasteiger partial charge on any atom is -0.493 e. The van der Waals surface area contributed by atoms with Crippen molar-refractivity contribution in [3.63, 3.8) is 0 Å². The van der Waals surface area contributed by atoms with E-state index in [9.17, 15) is 4.79 Å². The number of nitrogens with zero attached hydrogens (tertiary/aromatic N) is 1. The van der Waals surface area contributed by atoms with Crippen molar-refractivity contribution in [3.05, 3.63) is 29.8 Å². The van der Waals surface area contributed by atoms with Gasteiger partial charge in [-0.2, -0.15) is 0 Å². The summed E-state index contributed by atoms with van der Waals surface area (Å²) in [6.07, 6.45) is 0.566. The molecule has 0 aliphatic carbocycles. The first kappa shape index (κ1) is 14.9. The molecule has 0 spiro atoms. The summed E-state index contributed by atoms with van der Waals surface area (Å²) in [7, 11) is 0. The Morgan fingerprint density at radius 3 is 2.85 bits per heavy atom. The molecule has 0 fully saturated rings. The van der Waals surface area contributed by atoms with Crippen molar-refractivity contribution in [1.82, 2.24) is 10.2 Å². The molecule has 1 unspecified atom stereocenters. The number of carbonyl (C=O) groups is 1. The Labute approximate surface area is 121 Å². The van der Waals surface area contributed by atoms with Gasteiger partial charge in [-0.05, 0) is 19.9 Å². The first-order chi connectivity index (χ1) is 9.76. The Morgan fingerprint density at radius 1 is 1.35 bits per heavy atom. The zero-order chi connectivity index (χ0) is 14.4. The number of hydrogen-bond acceptors (Lipinski definition) is 3. The van der Waals surface area contributed by atoms with Gasteiger partial charge in [-0.1, -0.05) is 18.2 Å². The molecule has 1 aliphatic heterocycles. The van der Waals surface area contributed by atoms with Gasteiger partial charge in [0.1, 0.15) is 5.75 Å². The molecular weight excluding hydrogens is 252 g/mol. The summed E-state index contributed by atoms with van der Waals surface area (Å²) in [5, 5.41) is 3.37. The third-order valence-corrected chi connectivity index (χ3v) is 3.82. The zero-order valence-corrected chi connectivity index (χ0v) is 12.4. The fraction of sp³-hybridized carbons (Fsp3) is 0.562. The Kier molecular flexibility index (Phi) is 5.41. The van der Waals surface area contributed by atoms with Crippen molar-refractivity contribution in [1.29, 1.82) is 0 Å². The maximum Gasteiger partial charge on any atom is 0.223 e. The standard InChI is InChI=1S/C16H24N2O2/c1-3-18(4-2)16(19)9-10-17-11-13-12-20-15-8-6-5-7-14(13)15/h5-8,13,17H,3-4,9-12H2,1-2H3. The summed E-state index contributed by atoms with van der Waals surface area (Å²) in [5.41, 5.74) is 1.27. The Hall–Kier alpha value is -1.55. The number of carbonyl (C=O) groups excluding carboxylic acids is 1. The van der Waals surface area contributed by atoms with E-state index >= 15 is 0 Å². The Morgan fingerprint density at radius 2 is 2.10 bits per heavy atom. The van der Waals surface area contributed by atoms with E-state index < -0.39 is 0 Å². The number of ether oxygens (including phenoxy) is 1. The molecule has 110 valence electrons. The summed E-state index contributed by atoms with van der Waals surface area (Å²) in [5.74, 6) is 1.62. The average molecular weight is 276 g/mol. The highest BCUT2D eigenvalue weighted by Gasteiger charge is 2.22. The molecule has 4 nitrogen and oxygen atoms in total. The molecule has 1 aromatic rings. The predicted molar refractivity (Wildman–Crippen MR) is 80.1 cm³/mol. The van der Waals surface area contributed by atoms with Gasteiger partial charge in [0.25, 0.3) is 0 Å². The molecule has 1 amide bonds. The van der Waals surface area contributed by atoms with E-state index in [1.807, 2.05) is 36.9 Å². The lowest BCUT2D eigenvalue weighted by molar-refractivity contribution is -0.130. The maximum absolute atomic E-state index is 11.9. The largest absolute Gasteiger partial charge is 0.493 e. The monoisotopic (exact) mass is 276 g/mol. The lowest BCUT2D eigenvalue weighted by Gasteiger charge is -2.18. The van der Waals surface area contributed by atoms with Crippen LogP contribution < -0.4 is 10.1 Å². The van der Waals surface area contributed by atoms with Crippen molar-refractivity contribution >= 4 is 5.91 Å². The molecule has 2 rings (SSSR count). The molecule has 1 N–H and O–H groups in total. The second kappa shape index (κ2) is 7.29. The lowest BCUT2D eigenvalue weighted by Crippen LogP contribution is -2.33. The predicted octanol–water partition coefficient (Wildman–Crippen LogP) is 2.01. The van der Waals surface area contributed by atoms with E-state index in [4.69, 9.17) is 4.74 Å². The molecule has 1 aliphatic rings. The van der Waals surface area contributed by atoms with E-state index in [1.54, 1.807) is 0 Å². The van der Waals surface area contributed by atoms with E-state index in [0.717, 1.165) is 38.5 Å². The van der Waals surface area contributed by atoms with Gasteiger partial charge in [0, 0.05) is 44.1 Å². The van der Waals surface area contributed by atoms with E-state index in [2.05, 4.69) is 11.4 Å². The molecule has 0 radical (unpaired) electrons. The van der Waals surface area contributed by atoms with Crippen molar-refractivity contribution in [2.45, 2.75) is 26.2 Å². The second-order valence-electron chi connectivity index (χ2n) is 5.07. The zero-order valence-electron chi connectivity index (χ0n) is 12.4. The normalized spacial score (nSPS) is 16.6. The lowest BCUT2D eigenvalue weighted by atomic mass is 10.0. The third kappa shape index (κ3) is 3.51. The molecule has 1 atom stereocenters. The topological polar surface area (TPSA) is 41.6 Å². The number of fused-ring (bicyclic) bond motifs is 1. The maximum atomic E-state index is 11.9. The minimum atomic E-state index is 0.227. The fourth-order valence-corrected chi connectivity index (χ4v) is 2.60. The molecule has 0 saturated heterocycles. The van der Waals surface area contributed by atoms with Crippen LogP contribution in [0.4, 0.5) is 0 Å². The first-order valence-corrected chi connectivity index (χ1v) is 7.46. The number of nitrogens with one attached hydrogen (secondary N) is 1. The van der Waals surface area contributed by atoms with Crippen LogP contribution >= 0.6 is 0 Å². The van der Waals surface area contributed by atoms with Crippen molar-refractivity contribution in [3.8, 4) is 5.75 Å². The van der Waals surface area contributed by atoms with Crippen molar-refractivity contribution < 1.29 is 9.53 Å². The number of hydrogen-bond donors (Lipinski definition) is 1. The number of para-hydroxylation sites is 1. The molecular formula is C16H24N2O2. The van der Waals surface area contributed by atoms with E-state index in [-0.39, 0.29) is 5.91 Å². The van der Waals surface area contributed by atoms with Crippen LogP contribution in [0.2, 0.25) is 0 Å². The summed E-state index contributed by atoms with van der Waals surface area (Å²) in [4.78, 5) is 13.7. The second-order valence-corrected chi connectivity index (χ2v) is 5.07.